The van der Waals surface area contributed by atoms with E-state index in [1.54, 1.807) is 6.26 Å². The third kappa shape index (κ3) is 5.11. The van der Waals surface area contributed by atoms with E-state index in [1.807, 2.05) is 6.07 Å². The average molecular weight is 328 g/mol. The lowest BCUT2D eigenvalue weighted by molar-refractivity contribution is 0.412. The van der Waals surface area contributed by atoms with E-state index in [9.17, 15) is 0 Å². The SMILES string of the molecule is CCNC(=NCc1ccon1)NCC(C)(C)c1ccc(CC)cc1. The lowest BCUT2D eigenvalue weighted by Gasteiger charge is -2.27. The summed E-state index contributed by atoms with van der Waals surface area (Å²) in [4.78, 5) is 4.55. The maximum Gasteiger partial charge on any atom is 0.191 e. The fraction of sp³-hybridized carbons (Fsp3) is 0.474. The smallest absolute Gasteiger partial charge is 0.191 e. The van der Waals surface area contributed by atoms with E-state index in [2.05, 4.69) is 72.7 Å². The summed E-state index contributed by atoms with van der Waals surface area (Å²) in [5.41, 5.74) is 3.52. The number of rotatable bonds is 7. The molecule has 24 heavy (non-hydrogen) atoms. The summed E-state index contributed by atoms with van der Waals surface area (Å²) in [6, 6.07) is 10.7. The number of benzene rings is 1. The number of aliphatic imine (C=N–C) groups is 1. The van der Waals surface area contributed by atoms with Gasteiger partial charge in [0.2, 0.25) is 0 Å². The molecule has 0 radical (unpaired) electrons. The Kier molecular flexibility index (Phi) is 6.41. The van der Waals surface area contributed by atoms with Gasteiger partial charge in [-0.3, -0.25) is 0 Å². The molecule has 0 aliphatic carbocycles. The molecule has 0 aliphatic rings. The number of aryl methyl sites for hydroxylation is 1. The highest BCUT2D eigenvalue weighted by molar-refractivity contribution is 5.79. The van der Waals surface area contributed by atoms with E-state index in [0.29, 0.717) is 6.54 Å². The van der Waals surface area contributed by atoms with Crippen LogP contribution in [0.15, 0.2) is 46.1 Å². The van der Waals surface area contributed by atoms with Crippen molar-refractivity contribution in [2.24, 2.45) is 4.99 Å². The van der Waals surface area contributed by atoms with Crippen LogP contribution in [0.3, 0.4) is 0 Å². The molecule has 2 rings (SSSR count). The van der Waals surface area contributed by atoms with Crippen LogP contribution < -0.4 is 10.6 Å². The molecule has 0 unspecified atom stereocenters. The molecular weight excluding hydrogens is 300 g/mol. The Bertz CT molecular complexity index is 630. The van der Waals surface area contributed by atoms with Crippen LogP contribution in [0.1, 0.15) is 44.5 Å². The summed E-state index contributed by atoms with van der Waals surface area (Å²) in [6.45, 7) is 10.8. The van der Waals surface area contributed by atoms with Gasteiger partial charge >= 0.3 is 0 Å². The first-order valence-corrected chi connectivity index (χ1v) is 8.56. The molecule has 1 aromatic heterocycles. The van der Waals surface area contributed by atoms with Crippen LogP contribution in [0.4, 0.5) is 0 Å². The van der Waals surface area contributed by atoms with Crippen LogP contribution in [-0.2, 0) is 18.4 Å². The number of guanidine groups is 1. The van der Waals surface area contributed by atoms with E-state index in [-0.39, 0.29) is 5.41 Å². The van der Waals surface area contributed by atoms with E-state index in [1.165, 1.54) is 11.1 Å². The zero-order valence-electron chi connectivity index (χ0n) is 15.1. The molecule has 0 amide bonds. The minimum Gasteiger partial charge on any atom is -0.364 e. The molecule has 0 spiro atoms. The Morgan fingerprint density at radius 2 is 1.88 bits per heavy atom. The summed E-state index contributed by atoms with van der Waals surface area (Å²) in [7, 11) is 0. The third-order valence-corrected chi connectivity index (χ3v) is 4.08. The molecule has 0 saturated heterocycles. The van der Waals surface area contributed by atoms with E-state index in [4.69, 9.17) is 4.52 Å². The van der Waals surface area contributed by atoms with Crippen molar-refractivity contribution < 1.29 is 4.52 Å². The van der Waals surface area contributed by atoms with Gasteiger partial charge in [-0.25, -0.2) is 4.99 Å². The van der Waals surface area contributed by atoms with Crippen LogP contribution in [-0.4, -0.2) is 24.2 Å². The fourth-order valence-electron chi connectivity index (χ4n) is 2.42. The minimum atomic E-state index is 0.0103. The Hall–Kier alpha value is -2.30. The second kappa shape index (κ2) is 8.52. The Labute approximate surface area is 144 Å². The van der Waals surface area contributed by atoms with Crippen molar-refractivity contribution >= 4 is 5.96 Å². The fourth-order valence-corrected chi connectivity index (χ4v) is 2.42. The van der Waals surface area contributed by atoms with Gasteiger partial charge in [-0.15, -0.1) is 0 Å². The van der Waals surface area contributed by atoms with Crippen molar-refractivity contribution in [1.29, 1.82) is 0 Å². The maximum absolute atomic E-state index is 4.84. The van der Waals surface area contributed by atoms with Gasteiger partial charge in [-0.1, -0.05) is 50.2 Å². The predicted molar refractivity (Wildman–Crippen MR) is 98.2 cm³/mol. The first-order chi connectivity index (χ1) is 11.5. The maximum atomic E-state index is 4.84. The van der Waals surface area contributed by atoms with Crippen LogP contribution in [0.25, 0.3) is 0 Å². The van der Waals surface area contributed by atoms with Crippen molar-refractivity contribution in [3.8, 4) is 0 Å². The molecule has 5 nitrogen and oxygen atoms in total. The first kappa shape index (κ1) is 18.0. The molecule has 2 aromatic rings. The lowest BCUT2D eigenvalue weighted by Crippen LogP contribution is -2.43. The number of aromatic nitrogens is 1. The van der Waals surface area contributed by atoms with Gasteiger partial charge in [-0.2, -0.15) is 0 Å². The van der Waals surface area contributed by atoms with Gasteiger partial charge < -0.3 is 15.2 Å². The standard InChI is InChI=1S/C19H28N4O/c1-5-15-7-9-16(10-8-15)19(3,4)14-22-18(20-6-2)21-13-17-11-12-24-23-17/h7-12H,5-6,13-14H2,1-4H3,(H2,20,21,22). The minimum absolute atomic E-state index is 0.0103. The molecule has 0 bridgehead atoms. The van der Waals surface area contributed by atoms with Gasteiger partial charge in [0.15, 0.2) is 5.96 Å². The van der Waals surface area contributed by atoms with E-state index >= 15 is 0 Å². The molecule has 0 atom stereocenters. The quantitative estimate of drug-likeness (QED) is 0.605. The number of hydrogen-bond acceptors (Lipinski definition) is 3. The van der Waals surface area contributed by atoms with Crippen LogP contribution in [0.2, 0.25) is 0 Å². The Morgan fingerprint density at radius 3 is 2.46 bits per heavy atom. The predicted octanol–water partition coefficient (Wildman–Crippen LogP) is 3.27. The van der Waals surface area contributed by atoms with Crippen molar-refractivity contribution in [2.45, 2.75) is 46.1 Å². The Morgan fingerprint density at radius 1 is 1.12 bits per heavy atom. The molecule has 0 fully saturated rings. The third-order valence-electron chi connectivity index (χ3n) is 4.08. The highest BCUT2D eigenvalue weighted by atomic mass is 16.5. The van der Waals surface area contributed by atoms with Crippen molar-refractivity contribution in [3.63, 3.8) is 0 Å². The van der Waals surface area contributed by atoms with Gasteiger partial charge in [0, 0.05) is 24.6 Å². The average Bonchev–Trinajstić information content (AvgIpc) is 3.11. The summed E-state index contributed by atoms with van der Waals surface area (Å²) in [6.07, 6.45) is 2.63. The zero-order chi connectivity index (χ0) is 17.4. The topological polar surface area (TPSA) is 62.5 Å². The van der Waals surface area contributed by atoms with Gasteiger partial charge in [0.05, 0.1) is 6.54 Å². The summed E-state index contributed by atoms with van der Waals surface area (Å²) in [5, 5.41) is 10.6. The van der Waals surface area contributed by atoms with Gasteiger partial charge in [0.25, 0.3) is 0 Å². The van der Waals surface area contributed by atoms with Crippen LogP contribution >= 0.6 is 0 Å². The summed E-state index contributed by atoms with van der Waals surface area (Å²) >= 11 is 0. The molecular formula is C19H28N4O. The second-order valence-electron chi connectivity index (χ2n) is 6.47. The van der Waals surface area contributed by atoms with Crippen molar-refractivity contribution in [1.82, 2.24) is 15.8 Å². The molecule has 0 saturated carbocycles. The normalized spacial score (nSPS) is 12.2. The highest BCUT2D eigenvalue weighted by Gasteiger charge is 2.20. The molecule has 1 heterocycles. The largest absolute Gasteiger partial charge is 0.364 e. The molecule has 1 aromatic carbocycles. The molecule has 5 heteroatoms. The number of nitrogens with one attached hydrogen (secondary N) is 2. The van der Waals surface area contributed by atoms with Gasteiger partial charge in [0.1, 0.15) is 12.0 Å². The second-order valence-corrected chi connectivity index (χ2v) is 6.47. The summed E-state index contributed by atoms with van der Waals surface area (Å²) in [5.74, 6) is 0.791. The van der Waals surface area contributed by atoms with Crippen LogP contribution in [0.5, 0.6) is 0 Å². The lowest BCUT2D eigenvalue weighted by atomic mass is 9.84. The van der Waals surface area contributed by atoms with E-state index < -0.39 is 0 Å². The monoisotopic (exact) mass is 328 g/mol. The van der Waals surface area contributed by atoms with Crippen molar-refractivity contribution in [3.05, 3.63) is 53.4 Å². The molecule has 2 N–H and O–H groups in total. The number of nitrogens with zero attached hydrogens (tertiary/aromatic N) is 2. The number of hydrogen-bond donors (Lipinski definition) is 2. The van der Waals surface area contributed by atoms with E-state index in [0.717, 1.165) is 31.2 Å². The first-order valence-electron chi connectivity index (χ1n) is 8.56. The van der Waals surface area contributed by atoms with Gasteiger partial charge in [-0.05, 0) is 24.5 Å². The summed E-state index contributed by atoms with van der Waals surface area (Å²) < 4.78 is 4.84. The highest BCUT2D eigenvalue weighted by Crippen LogP contribution is 2.22. The van der Waals surface area contributed by atoms with Crippen molar-refractivity contribution in [2.75, 3.05) is 13.1 Å². The Balaban J connectivity index is 1.99. The molecule has 130 valence electrons. The van der Waals surface area contributed by atoms with Crippen LogP contribution in [0, 0.1) is 0 Å². The molecule has 0 aliphatic heterocycles. The zero-order valence-corrected chi connectivity index (χ0v) is 15.1.